The Kier molecular flexibility index (Phi) is 6.02. The van der Waals surface area contributed by atoms with Gasteiger partial charge in [-0.3, -0.25) is 0 Å². The van der Waals surface area contributed by atoms with Crippen molar-refractivity contribution >= 4 is 11.6 Å². The van der Waals surface area contributed by atoms with E-state index in [4.69, 9.17) is 4.74 Å². The van der Waals surface area contributed by atoms with Gasteiger partial charge in [0.25, 0.3) is 0 Å². The molecule has 1 aromatic rings. The number of aromatic nitrogens is 2. The Bertz CT molecular complexity index is 388. The second kappa shape index (κ2) is 7.28. The summed E-state index contributed by atoms with van der Waals surface area (Å²) < 4.78 is 5.03. The molecule has 0 atom stereocenters. The van der Waals surface area contributed by atoms with E-state index in [2.05, 4.69) is 48.3 Å². The van der Waals surface area contributed by atoms with Gasteiger partial charge in [-0.15, -0.1) is 0 Å². The van der Waals surface area contributed by atoms with Crippen LogP contribution in [0.3, 0.4) is 0 Å². The molecular weight excluding hydrogens is 240 g/mol. The van der Waals surface area contributed by atoms with Crippen molar-refractivity contribution in [2.75, 3.05) is 37.4 Å². The smallest absolute Gasteiger partial charge is 0.138 e. The highest BCUT2D eigenvalue weighted by Crippen LogP contribution is 2.22. The first-order valence-electron chi connectivity index (χ1n) is 6.83. The molecule has 0 aromatic carbocycles. The van der Waals surface area contributed by atoms with Crippen LogP contribution >= 0.6 is 0 Å². The van der Waals surface area contributed by atoms with Gasteiger partial charge in [0, 0.05) is 38.3 Å². The van der Waals surface area contributed by atoms with Crippen LogP contribution < -0.4 is 10.6 Å². The van der Waals surface area contributed by atoms with Crippen molar-refractivity contribution < 1.29 is 4.74 Å². The molecule has 0 aliphatic rings. The number of hydrogen-bond acceptors (Lipinski definition) is 5. The minimum Gasteiger partial charge on any atom is -0.385 e. The van der Waals surface area contributed by atoms with Crippen molar-refractivity contribution in [2.24, 2.45) is 0 Å². The van der Waals surface area contributed by atoms with E-state index in [1.54, 1.807) is 7.11 Å². The van der Waals surface area contributed by atoms with E-state index < -0.39 is 0 Å². The van der Waals surface area contributed by atoms with Gasteiger partial charge in [-0.1, -0.05) is 20.8 Å². The first kappa shape index (κ1) is 15.7. The van der Waals surface area contributed by atoms with E-state index in [0.29, 0.717) is 0 Å². The molecule has 0 amide bonds. The Balaban J connectivity index is 2.81. The number of hydrogen-bond donors (Lipinski definition) is 2. The lowest BCUT2D eigenvalue weighted by Crippen LogP contribution is -2.19. The van der Waals surface area contributed by atoms with Crippen LogP contribution in [0, 0.1) is 0 Å². The molecule has 0 saturated heterocycles. The molecule has 0 bridgehead atoms. The zero-order chi connectivity index (χ0) is 14.3. The van der Waals surface area contributed by atoms with E-state index in [-0.39, 0.29) is 5.41 Å². The van der Waals surface area contributed by atoms with Crippen LogP contribution in [-0.2, 0) is 10.2 Å². The molecule has 19 heavy (non-hydrogen) atoms. The van der Waals surface area contributed by atoms with Gasteiger partial charge < -0.3 is 15.4 Å². The second-order valence-corrected chi connectivity index (χ2v) is 5.52. The summed E-state index contributed by atoms with van der Waals surface area (Å²) in [5.74, 6) is 2.59. The zero-order valence-electron chi connectivity index (χ0n) is 12.7. The first-order chi connectivity index (χ1) is 8.97. The highest BCUT2D eigenvalue weighted by Gasteiger charge is 2.18. The number of methoxy groups -OCH3 is 1. The van der Waals surface area contributed by atoms with Crippen molar-refractivity contribution in [1.29, 1.82) is 0 Å². The van der Waals surface area contributed by atoms with Gasteiger partial charge in [0.15, 0.2) is 0 Å². The van der Waals surface area contributed by atoms with Crippen LogP contribution in [0.15, 0.2) is 6.07 Å². The Labute approximate surface area is 116 Å². The van der Waals surface area contributed by atoms with Gasteiger partial charge >= 0.3 is 0 Å². The molecule has 0 aliphatic carbocycles. The summed E-state index contributed by atoms with van der Waals surface area (Å²) >= 11 is 0. The average molecular weight is 266 g/mol. The number of nitrogens with one attached hydrogen (secondary N) is 2. The van der Waals surface area contributed by atoms with Gasteiger partial charge in [0.1, 0.15) is 17.5 Å². The van der Waals surface area contributed by atoms with Crippen LogP contribution in [0.5, 0.6) is 0 Å². The minimum atomic E-state index is -0.0611. The van der Waals surface area contributed by atoms with Crippen molar-refractivity contribution in [2.45, 2.75) is 39.5 Å². The van der Waals surface area contributed by atoms with Gasteiger partial charge in [-0.25, -0.2) is 9.97 Å². The highest BCUT2D eigenvalue weighted by atomic mass is 16.5. The molecule has 0 unspecified atom stereocenters. The fourth-order valence-corrected chi connectivity index (χ4v) is 1.58. The molecule has 5 nitrogen and oxygen atoms in total. The molecule has 0 spiro atoms. The van der Waals surface area contributed by atoms with E-state index >= 15 is 0 Å². The van der Waals surface area contributed by atoms with Crippen molar-refractivity contribution in [1.82, 2.24) is 9.97 Å². The highest BCUT2D eigenvalue weighted by molar-refractivity contribution is 5.48. The molecule has 1 heterocycles. The lowest BCUT2D eigenvalue weighted by Gasteiger charge is -2.19. The fraction of sp³-hybridized carbons (Fsp3) is 0.714. The molecular formula is C14H26N4O. The van der Waals surface area contributed by atoms with E-state index in [0.717, 1.165) is 43.6 Å². The molecule has 5 heteroatoms. The Hall–Kier alpha value is -1.36. The lowest BCUT2D eigenvalue weighted by atomic mass is 9.96. The molecule has 1 aromatic heterocycles. The quantitative estimate of drug-likeness (QED) is 0.743. The first-order valence-corrected chi connectivity index (χ1v) is 6.83. The Morgan fingerprint density at radius 1 is 1.16 bits per heavy atom. The van der Waals surface area contributed by atoms with Gasteiger partial charge in [-0.2, -0.15) is 0 Å². The summed E-state index contributed by atoms with van der Waals surface area (Å²) in [6.07, 6.45) is 0.960. The van der Waals surface area contributed by atoms with Crippen LogP contribution in [0.25, 0.3) is 0 Å². The van der Waals surface area contributed by atoms with Crippen molar-refractivity contribution in [3.8, 4) is 0 Å². The predicted molar refractivity (Wildman–Crippen MR) is 79.9 cm³/mol. The third-order valence-corrected chi connectivity index (χ3v) is 2.59. The van der Waals surface area contributed by atoms with Crippen LogP contribution in [0.4, 0.5) is 11.6 Å². The molecule has 1 rings (SSSR count). The number of rotatable bonds is 7. The van der Waals surface area contributed by atoms with Gasteiger partial charge in [0.2, 0.25) is 0 Å². The summed E-state index contributed by atoms with van der Waals surface area (Å²) in [5, 5.41) is 6.57. The predicted octanol–water partition coefficient (Wildman–Crippen LogP) is 2.65. The largest absolute Gasteiger partial charge is 0.385 e. The summed E-state index contributed by atoms with van der Waals surface area (Å²) in [5.41, 5.74) is -0.0611. The summed E-state index contributed by atoms with van der Waals surface area (Å²) in [6, 6.07) is 1.95. The summed E-state index contributed by atoms with van der Waals surface area (Å²) in [7, 11) is 1.71. The third-order valence-electron chi connectivity index (χ3n) is 2.59. The lowest BCUT2D eigenvalue weighted by molar-refractivity contribution is 0.197. The summed E-state index contributed by atoms with van der Waals surface area (Å²) in [6.45, 7) is 10.9. The van der Waals surface area contributed by atoms with Crippen LogP contribution in [-0.4, -0.2) is 36.8 Å². The number of ether oxygens (including phenoxy) is 1. The van der Waals surface area contributed by atoms with Gasteiger partial charge in [-0.05, 0) is 13.3 Å². The monoisotopic (exact) mass is 266 g/mol. The molecule has 0 radical (unpaired) electrons. The molecule has 108 valence electrons. The number of anilines is 2. The van der Waals surface area contributed by atoms with E-state index in [1.165, 1.54) is 0 Å². The van der Waals surface area contributed by atoms with Crippen LogP contribution in [0.2, 0.25) is 0 Å². The average Bonchev–Trinajstić information content (AvgIpc) is 2.34. The Morgan fingerprint density at radius 2 is 1.79 bits per heavy atom. The Morgan fingerprint density at radius 3 is 2.32 bits per heavy atom. The fourth-order valence-electron chi connectivity index (χ4n) is 1.58. The van der Waals surface area contributed by atoms with Gasteiger partial charge in [0.05, 0.1) is 0 Å². The maximum atomic E-state index is 5.03. The third kappa shape index (κ3) is 5.42. The standard InChI is InChI=1S/C14H26N4O/c1-6-15-11-10-12(16-8-7-9-19-5)18-13(17-11)14(2,3)4/h10H,6-9H2,1-5H3,(H2,15,16,17,18). The van der Waals surface area contributed by atoms with Crippen molar-refractivity contribution in [3.05, 3.63) is 11.9 Å². The van der Waals surface area contributed by atoms with Crippen LogP contribution in [0.1, 0.15) is 39.9 Å². The normalized spacial score (nSPS) is 11.4. The number of nitrogens with zero attached hydrogens (tertiary/aromatic N) is 2. The summed E-state index contributed by atoms with van der Waals surface area (Å²) in [4.78, 5) is 9.13. The molecule has 2 N–H and O–H groups in total. The zero-order valence-corrected chi connectivity index (χ0v) is 12.7. The SMILES string of the molecule is CCNc1cc(NCCCOC)nc(C(C)(C)C)n1. The van der Waals surface area contributed by atoms with E-state index in [9.17, 15) is 0 Å². The van der Waals surface area contributed by atoms with E-state index in [1.807, 2.05) is 6.07 Å². The molecule has 0 fully saturated rings. The molecule has 0 saturated carbocycles. The maximum absolute atomic E-state index is 5.03. The topological polar surface area (TPSA) is 59.1 Å². The second-order valence-electron chi connectivity index (χ2n) is 5.52. The van der Waals surface area contributed by atoms with Crippen molar-refractivity contribution in [3.63, 3.8) is 0 Å². The minimum absolute atomic E-state index is 0.0611. The molecule has 0 aliphatic heterocycles. The maximum Gasteiger partial charge on any atom is 0.138 e.